The summed E-state index contributed by atoms with van der Waals surface area (Å²) >= 11 is 0. The minimum atomic E-state index is -1.21. The van der Waals surface area contributed by atoms with E-state index in [1.54, 1.807) is 46.8 Å². The number of aromatic nitrogens is 1. The van der Waals surface area contributed by atoms with E-state index in [0.29, 0.717) is 41.3 Å². The Morgan fingerprint density at radius 1 is 1.18 bits per heavy atom. The first-order valence-electron chi connectivity index (χ1n) is 10.5. The van der Waals surface area contributed by atoms with Crippen LogP contribution in [0.4, 0.5) is 10.1 Å². The molecule has 8 nitrogen and oxygen atoms in total. The molecule has 0 saturated heterocycles. The molecular weight excluding hydrogens is 431 g/mol. The second-order valence-electron chi connectivity index (χ2n) is 8.66. The van der Waals surface area contributed by atoms with Gasteiger partial charge in [-0.2, -0.15) is 0 Å². The van der Waals surface area contributed by atoms with Gasteiger partial charge in [-0.15, -0.1) is 0 Å². The lowest BCUT2D eigenvalue weighted by Gasteiger charge is -2.30. The largest absolute Gasteiger partial charge is 0.489 e. The van der Waals surface area contributed by atoms with Gasteiger partial charge in [0.05, 0.1) is 19.8 Å². The zero-order valence-corrected chi connectivity index (χ0v) is 19.9. The van der Waals surface area contributed by atoms with Crippen LogP contribution in [0, 0.1) is 19.7 Å². The molecule has 0 spiro atoms. The Morgan fingerprint density at radius 2 is 1.88 bits per heavy atom. The molecule has 0 fully saturated rings. The zero-order chi connectivity index (χ0) is 24.5. The number of anilines is 1. The fourth-order valence-corrected chi connectivity index (χ4v) is 3.84. The van der Waals surface area contributed by atoms with Gasteiger partial charge in [-0.3, -0.25) is 0 Å². The van der Waals surface area contributed by atoms with Gasteiger partial charge in [0, 0.05) is 23.4 Å². The summed E-state index contributed by atoms with van der Waals surface area (Å²) in [5.41, 5.74) is 0.968. The smallest absolute Gasteiger partial charge is 0.356 e. The van der Waals surface area contributed by atoms with Gasteiger partial charge < -0.3 is 24.3 Å². The van der Waals surface area contributed by atoms with Crippen molar-refractivity contribution in [1.29, 1.82) is 0 Å². The SMILES string of the molecule is COC(=O)c1nc(C)c([C@H](OC(C)(C)C)C(=O)OC)c(-c2ccc3c(c2F)NCCO3)c1C. The van der Waals surface area contributed by atoms with Crippen molar-refractivity contribution in [1.82, 2.24) is 4.98 Å². The molecule has 2 heterocycles. The predicted octanol–water partition coefficient (Wildman–Crippen LogP) is 4.12. The van der Waals surface area contributed by atoms with Crippen LogP contribution < -0.4 is 10.1 Å². The average Bonchev–Trinajstić information content (AvgIpc) is 2.78. The van der Waals surface area contributed by atoms with Crippen LogP contribution in [0.1, 0.15) is 54.2 Å². The molecule has 33 heavy (non-hydrogen) atoms. The van der Waals surface area contributed by atoms with E-state index in [1.807, 2.05) is 0 Å². The number of carbonyl (C=O) groups is 2. The molecule has 0 aliphatic carbocycles. The van der Waals surface area contributed by atoms with Gasteiger partial charge in [-0.05, 0) is 57.9 Å². The maximum atomic E-state index is 15.8. The Labute approximate surface area is 192 Å². The van der Waals surface area contributed by atoms with Crippen LogP contribution in [0.5, 0.6) is 5.75 Å². The van der Waals surface area contributed by atoms with Crippen LogP contribution >= 0.6 is 0 Å². The van der Waals surface area contributed by atoms with Gasteiger partial charge in [-0.1, -0.05) is 0 Å². The molecule has 1 aliphatic rings. The quantitative estimate of drug-likeness (QED) is 0.666. The third-order valence-corrected chi connectivity index (χ3v) is 5.23. The summed E-state index contributed by atoms with van der Waals surface area (Å²) in [6, 6.07) is 3.20. The maximum Gasteiger partial charge on any atom is 0.356 e. The fraction of sp³-hybridized carbons (Fsp3) is 0.458. The first-order chi connectivity index (χ1) is 15.5. The van der Waals surface area contributed by atoms with E-state index >= 15 is 4.39 Å². The highest BCUT2D eigenvalue weighted by Crippen LogP contribution is 2.43. The Morgan fingerprint density at radius 3 is 2.48 bits per heavy atom. The summed E-state index contributed by atoms with van der Waals surface area (Å²) < 4.78 is 37.3. The summed E-state index contributed by atoms with van der Waals surface area (Å²) in [5.74, 6) is -1.52. The van der Waals surface area contributed by atoms with E-state index in [0.717, 1.165) is 0 Å². The molecule has 1 aliphatic heterocycles. The first kappa shape index (κ1) is 24.4. The van der Waals surface area contributed by atoms with Gasteiger partial charge in [0.2, 0.25) is 0 Å². The second kappa shape index (κ2) is 9.35. The molecule has 0 amide bonds. The minimum absolute atomic E-state index is 0.0226. The van der Waals surface area contributed by atoms with Crippen molar-refractivity contribution in [3.05, 3.63) is 40.5 Å². The number of rotatable bonds is 5. The number of ether oxygens (including phenoxy) is 4. The molecule has 1 aromatic heterocycles. The summed E-state index contributed by atoms with van der Waals surface area (Å²) in [6.45, 7) is 9.50. The van der Waals surface area contributed by atoms with Crippen molar-refractivity contribution >= 4 is 17.6 Å². The van der Waals surface area contributed by atoms with Crippen molar-refractivity contribution in [2.45, 2.75) is 46.3 Å². The lowest BCUT2D eigenvalue weighted by Crippen LogP contribution is -2.30. The average molecular weight is 461 g/mol. The number of hydrogen-bond donors (Lipinski definition) is 1. The van der Waals surface area contributed by atoms with Crippen LogP contribution in [0.25, 0.3) is 11.1 Å². The minimum Gasteiger partial charge on any atom is -0.489 e. The lowest BCUT2D eigenvalue weighted by molar-refractivity contribution is -0.164. The molecular formula is C24H29FN2O6. The molecule has 0 unspecified atom stereocenters. The number of hydrogen-bond acceptors (Lipinski definition) is 8. The summed E-state index contributed by atoms with van der Waals surface area (Å²) in [6.07, 6.45) is -1.21. The third-order valence-electron chi connectivity index (χ3n) is 5.23. The highest BCUT2D eigenvalue weighted by Gasteiger charge is 2.35. The highest BCUT2D eigenvalue weighted by atomic mass is 19.1. The van der Waals surface area contributed by atoms with E-state index in [4.69, 9.17) is 18.9 Å². The summed E-state index contributed by atoms with van der Waals surface area (Å²) in [4.78, 5) is 29.7. The van der Waals surface area contributed by atoms with Crippen LogP contribution in [0.3, 0.4) is 0 Å². The summed E-state index contributed by atoms with van der Waals surface area (Å²) in [7, 11) is 2.49. The number of fused-ring (bicyclic) bond motifs is 1. The van der Waals surface area contributed by atoms with E-state index in [-0.39, 0.29) is 16.9 Å². The molecule has 3 rings (SSSR count). The number of methoxy groups -OCH3 is 2. The fourth-order valence-electron chi connectivity index (χ4n) is 3.84. The number of carbonyl (C=O) groups excluding carboxylic acids is 2. The zero-order valence-electron chi connectivity index (χ0n) is 19.9. The van der Waals surface area contributed by atoms with Gasteiger partial charge >= 0.3 is 11.9 Å². The van der Waals surface area contributed by atoms with E-state index in [9.17, 15) is 9.59 Å². The Hall–Kier alpha value is -3.20. The van der Waals surface area contributed by atoms with E-state index in [2.05, 4.69) is 10.3 Å². The molecule has 0 bridgehead atoms. The molecule has 1 aromatic carbocycles. The van der Waals surface area contributed by atoms with Crippen LogP contribution in [0.2, 0.25) is 0 Å². The Kier molecular flexibility index (Phi) is 6.92. The topological polar surface area (TPSA) is 96.0 Å². The van der Waals surface area contributed by atoms with Gasteiger partial charge in [0.15, 0.2) is 17.6 Å². The number of nitrogens with one attached hydrogen (secondary N) is 1. The molecule has 1 atom stereocenters. The van der Waals surface area contributed by atoms with Crippen molar-refractivity contribution < 1.29 is 32.9 Å². The predicted molar refractivity (Wildman–Crippen MR) is 120 cm³/mol. The van der Waals surface area contributed by atoms with E-state index < -0.39 is 29.5 Å². The second-order valence-corrected chi connectivity index (χ2v) is 8.66. The van der Waals surface area contributed by atoms with Crippen LogP contribution in [-0.4, -0.2) is 49.9 Å². The lowest BCUT2D eigenvalue weighted by atomic mass is 9.89. The van der Waals surface area contributed by atoms with Crippen molar-refractivity contribution in [3.63, 3.8) is 0 Å². The van der Waals surface area contributed by atoms with Crippen LogP contribution in [-0.2, 0) is 19.0 Å². The standard InChI is InChI=1S/C24H29FN2O6/c1-12-16(14-8-9-15-20(18(14)25)26-10-11-32-15)17(13(2)27-19(12)22(28)30-6)21(23(29)31-7)33-24(3,4)5/h8-9,21,26H,10-11H2,1-7H3/t21-/m0/s1. The number of pyridine rings is 1. The number of benzene rings is 1. The number of aryl methyl sites for hydroxylation is 1. The Bertz CT molecular complexity index is 1090. The van der Waals surface area contributed by atoms with Gasteiger partial charge in [0.25, 0.3) is 0 Å². The molecule has 0 radical (unpaired) electrons. The van der Waals surface area contributed by atoms with E-state index in [1.165, 1.54) is 14.2 Å². The molecule has 1 N–H and O–H groups in total. The van der Waals surface area contributed by atoms with Crippen molar-refractivity contribution in [2.24, 2.45) is 0 Å². The molecule has 0 saturated carbocycles. The highest BCUT2D eigenvalue weighted by molar-refractivity contribution is 5.94. The maximum absolute atomic E-state index is 15.8. The molecule has 178 valence electrons. The molecule has 9 heteroatoms. The molecule has 2 aromatic rings. The van der Waals surface area contributed by atoms with Gasteiger partial charge in [-0.25, -0.2) is 19.0 Å². The number of halogens is 1. The van der Waals surface area contributed by atoms with Crippen molar-refractivity contribution in [3.8, 4) is 16.9 Å². The Balaban J connectivity index is 2.39. The monoisotopic (exact) mass is 460 g/mol. The normalized spacial score (nSPS) is 13.9. The first-order valence-corrected chi connectivity index (χ1v) is 10.5. The van der Waals surface area contributed by atoms with Crippen molar-refractivity contribution in [2.75, 3.05) is 32.7 Å². The number of esters is 2. The summed E-state index contributed by atoms with van der Waals surface area (Å²) in [5, 5.41) is 3.01. The third kappa shape index (κ3) is 4.78. The van der Waals surface area contributed by atoms with Gasteiger partial charge in [0.1, 0.15) is 18.0 Å². The number of nitrogens with zero attached hydrogens (tertiary/aromatic N) is 1. The van der Waals surface area contributed by atoms with Crippen LogP contribution in [0.15, 0.2) is 12.1 Å².